The molecule has 0 aromatic heterocycles. The first-order valence-corrected chi connectivity index (χ1v) is 7.28. The Morgan fingerprint density at radius 2 is 1.87 bits per heavy atom. The Balaban J connectivity index is 1.81. The van der Waals surface area contributed by atoms with Crippen molar-refractivity contribution in [2.45, 2.75) is 13.5 Å². The van der Waals surface area contributed by atoms with Crippen molar-refractivity contribution in [3.63, 3.8) is 0 Å². The van der Waals surface area contributed by atoms with Gasteiger partial charge in [0.15, 0.2) is 0 Å². The quantitative estimate of drug-likeness (QED) is 0.853. The number of carbonyl (C=O) groups excluding carboxylic acids is 2. The number of nitrogens with one attached hydrogen (secondary N) is 1. The highest BCUT2D eigenvalue weighted by atomic mass is 35.5. The van der Waals surface area contributed by atoms with Crippen molar-refractivity contribution in [2.24, 2.45) is 0 Å². The van der Waals surface area contributed by atoms with E-state index in [1.165, 1.54) is 12.1 Å². The second-order valence-corrected chi connectivity index (χ2v) is 5.35. The predicted octanol–water partition coefficient (Wildman–Crippen LogP) is 3.26. The van der Waals surface area contributed by atoms with E-state index < -0.39 is 11.8 Å². The molecular formula is C17H15ClFNO3. The van der Waals surface area contributed by atoms with Crippen LogP contribution in [0.4, 0.5) is 4.39 Å². The maximum Gasteiger partial charge on any atom is 0.325 e. The van der Waals surface area contributed by atoms with Crippen LogP contribution in [0, 0.1) is 12.7 Å². The van der Waals surface area contributed by atoms with Gasteiger partial charge in [-0.25, -0.2) is 4.39 Å². The third-order valence-electron chi connectivity index (χ3n) is 3.11. The van der Waals surface area contributed by atoms with E-state index in [4.69, 9.17) is 16.3 Å². The molecule has 0 spiro atoms. The molecule has 0 unspecified atom stereocenters. The molecule has 0 atom stereocenters. The fourth-order valence-electron chi connectivity index (χ4n) is 1.81. The monoisotopic (exact) mass is 335 g/mol. The molecule has 2 aromatic carbocycles. The van der Waals surface area contributed by atoms with Crippen molar-refractivity contribution in [3.8, 4) is 0 Å². The van der Waals surface area contributed by atoms with Crippen LogP contribution in [-0.2, 0) is 16.1 Å². The van der Waals surface area contributed by atoms with Crippen molar-refractivity contribution in [2.75, 3.05) is 6.54 Å². The molecule has 0 fully saturated rings. The zero-order valence-electron chi connectivity index (χ0n) is 12.4. The van der Waals surface area contributed by atoms with Gasteiger partial charge in [-0.1, -0.05) is 35.4 Å². The second kappa shape index (κ2) is 7.74. The molecule has 0 heterocycles. The van der Waals surface area contributed by atoms with Crippen LogP contribution in [0.5, 0.6) is 0 Å². The number of hydrogen-bond acceptors (Lipinski definition) is 3. The molecule has 0 radical (unpaired) electrons. The summed E-state index contributed by atoms with van der Waals surface area (Å²) in [6.45, 7) is 1.57. The zero-order chi connectivity index (χ0) is 16.8. The van der Waals surface area contributed by atoms with Gasteiger partial charge in [0.05, 0.1) is 5.02 Å². The summed E-state index contributed by atoms with van der Waals surface area (Å²) in [6.07, 6.45) is 0. The third-order valence-corrected chi connectivity index (χ3v) is 3.46. The van der Waals surface area contributed by atoms with Crippen molar-refractivity contribution in [1.82, 2.24) is 5.32 Å². The first-order chi connectivity index (χ1) is 11.0. The van der Waals surface area contributed by atoms with Gasteiger partial charge >= 0.3 is 5.97 Å². The standard InChI is InChI=1S/C17H15ClFNO3/c1-11-2-4-12(5-3-11)17(22)20-9-16(21)23-10-13-6-7-14(19)8-15(13)18/h2-8H,9-10H2,1H3,(H,20,22). The summed E-state index contributed by atoms with van der Waals surface area (Å²) < 4.78 is 17.9. The average molecular weight is 336 g/mol. The third kappa shape index (κ3) is 5.07. The molecule has 0 saturated heterocycles. The molecule has 23 heavy (non-hydrogen) atoms. The van der Waals surface area contributed by atoms with E-state index in [9.17, 15) is 14.0 Å². The molecule has 1 amide bonds. The second-order valence-electron chi connectivity index (χ2n) is 4.95. The lowest BCUT2D eigenvalue weighted by Gasteiger charge is -2.08. The van der Waals surface area contributed by atoms with Gasteiger partial charge < -0.3 is 10.1 Å². The van der Waals surface area contributed by atoms with Crippen LogP contribution >= 0.6 is 11.6 Å². The number of amides is 1. The van der Waals surface area contributed by atoms with E-state index in [0.717, 1.165) is 11.6 Å². The number of ether oxygens (including phenoxy) is 1. The van der Waals surface area contributed by atoms with Crippen molar-refractivity contribution < 1.29 is 18.7 Å². The normalized spacial score (nSPS) is 10.2. The lowest BCUT2D eigenvalue weighted by molar-refractivity contribution is -0.143. The van der Waals surface area contributed by atoms with Gasteiger partial charge in [0.2, 0.25) is 0 Å². The summed E-state index contributed by atoms with van der Waals surface area (Å²) in [5.41, 5.74) is 1.99. The molecule has 4 nitrogen and oxygen atoms in total. The van der Waals surface area contributed by atoms with Gasteiger partial charge in [-0.2, -0.15) is 0 Å². The Morgan fingerprint density at radius 3 is 2.52 bits per heavy atom. The van der Waals surface area contributed by atoms with Crippen molar-refractivity contribution >= 4 is 23.5 Å². The van der Waals surface area contributed by atoms with E-state index in [1.54, 1.807) is 12.1 Å². The van der Waals surface area contributed by atoms with Crippen LogP contribution in [0.2, 0.25) is 5.02 Å². The number of carbonyl (C=O) groups is 2. The van der Waals surface area contributed by atoms with Crippen molar-refractivity contribution in [3.05, 3.63) is 70.0 Å². The van der Waals surface area contributed by atoms with Crippen LogP contribution in [0.3, 0.4) is 0 Å². The lowest BCUT2D eigenvalue weighted by Crippen LogP contribution is -2.30. The van der Waals surface area contributed by atoms with Crippen LogP contribution in [0.1, 0.15) is 21.5 Å². The molecule has 0 saturated carbocycles. The number of hydrogen-bond donors (Lipinski definition) is 1. The molecule has 0 aliphatic carbocycles. The van der Waals surface area contributed by atoms with Gasteiger partial charge in [0.1, 0.15) is 19.0 Å². The summed E-state index contributed by atoms with van der Waals surface area (Å²) in [5, 5.41) is 2.65. The van der Waals surface area contributed by atoms with Gasteiger partial charge in [0, 0.05) is 11.1 Å². The zero-order valence-corrected chi connectivity index (χ0v) is 13.2. The Bertz CT molecular complexity index is 716. The Labute approximate surface area is 138 Å². The molecule has 6 heteroatoms. The Kier molecular flexibility index (Phi) is 5.71. The van der Waals surface area contributed by atoms with E-state index in [2.05, 4.69) is 5.32 Å². The topological polar surface area (TPSA) is 55.4 Å². The van der Waals surface area contributed by atoms with E-state index in [0.29, 0.717) is 11.1 Å². The summed E-state index contributed by atoms with van der Waals surface area (Å²) in [4.78, 5) is 23.5. The Morgan fingerprint density at radius 1 is 1.17 bits per heavy atom. The highest BCUT2D eigenvalue weighted by molar-refractivity contribution is 6.31. The van der Waals surface area contributed by atoms with Crippen molar-refractivity contribution in [1.29, 1.82) is 0 Å². The minimum absolute atomic E-state index is 0.0850. The van der Waals surface area contributed by atoms with Crippen LogP contribution in [-0.4, -0.2) is 18.4 Å². The average Bonchev–Trinajstić information content (AvgIpc) is 2.52. The van der Waals surface area contributed by atoms with Crippen LogP contribution in [0.25, 0.3) is 0 Å². The van der Waals surface area contributed by atoms with Gasteiger partial charge in [-0.05, 0) is 31.2 Å². The van der Waals surface area contributed by atoms with Gasteiger partial charge in [0.25, 0.3) is 5.91 Å². The van der Waals surface area contributed by atoms with Crippen LogP contribution in [0.15, 0.2) is 42.5 Å². The van der Waals surface area contributed by atoms with E-state index in [-0.39, 0.29) is 24.1 Å². The molecular weight excluding hydrogens is 321 g/mol. The van der Waals surface area contributed by atoms with Crippen LogP contribution < -0.4 is 5.32 Å². The summed E-state index contributed by atoms with van der Waals surface area (Å²) in [6, 6.07) is 10.8. The lowest BCUT2D eigenvalue weighted by atomic mass is 10.1. The SMILES string of the molecule is Cc1ccc(C(=O)NCC(=O)OCc2ccc(F)cc2Cl)cc1. The summed E-state index contributed by atoms with van der Waals surface area (Å²) in [5.74, 6) is -1.43. The largest absolute Gasteiger partial charge is 0.459 e. The fraction of sp³-hybridized carbons (Fsp3) is 0.176. The molecule has 2 aromatic rings. The van der Waals surface area contributed by atoms with Gasteiger partial charge in [-0.3, -0.25) is 9.59 Å². The predicted molar refractivity (Wildman–Crippen MR) is 84.7 cm³/mol. The van der Waals surface area contributed by atoms with E-state index >= 15 is 0 Å². The first-order valence-electron chi connectivity index (χ1n) is 6.90. The molecule has 2 rings (SSSR count). The highest BCUT2D eigenvalue weighted by Crippen LogP contribution is 2.17. The summed E-state index contributed by atoms with van der Waals surface area (Å²) in [7, 11) is 0. The highest BCUT2D eigenvalue weighted by Gasteiger charge is 2.10. The molecule has 0 bridgehead atoms. The summed E-state index contributed by atoms with van der Waals surface area (Å²) >= 11 is 5.83. The number of rotatable bonds is 5. The maximum atomic E-state index is 12.9. The molecule has 0 aliphatic rings. The van der Waals surface area contributed by atoms with E-state index in [1.807, 2.05) is 19.1 Å². The first kappa shape index (κ1) is 17.0. The van der Waals surface area contributed by atoms with Gasteiger partial charge in [-0.15, -0.1) is 0 Å². The molecule has 1 N–H and O–H groups in total. The molecule has 120 valence electrons. The Hall–Kier alpha value is -2.40. The number of halogens is 2. The minimum atomic E-state index is -0.606. The number of esters is 1. The molecule has 0 aliphatic heterocycles. The number of aryl methyl sites for hydroxylation is 1. The minimum Gasteiger partial charge on any atom is -0.459 e. The fourth-order valence-corrected chi connectivity index (χ4v) is 2.03. The maximum absolute atomic E-state index is 12.9. The number of benzene rings is 2. The smallest absolute Gasteiger partial charge is 0.325 e.